The predicted molar refractivity (Wildman–Crippen MR) is 71.1 cm³/mol. The summed E-state index contributed by atoms with van der Waals surface area (Å²) in [4.78, 5) is 0. The highest BCUT2D eigenvalue weighted by molar-refractivity contribution is 5.11. The van der Waals surface area contributed by atoms with Crippen LogP contribution in [0.4, 0.5) is 0 Å². The fourth-order valence-electron chi connectivity index (χ4n) is 2.00. The first kappa shape index (κ1) is 14.2. The lowest BCUT2D eigenvalue weighted by Gasteiger charge is -2.12. The van der Waals surface area contributed by atoms with E-state index in [2.05, 4.69) is 38.9 Å². The van der Waals surface area contributed by atoms with Crippen molar-refractivity contribution in [2.75, 3.05) is 0 Å². The highest BCUT2D eigenvalue weighted by Crippen LogP contribution is 2.13. The molecular weight excluding hydrogens is 212 g/mol. The fraction of sp³-hybridized carbons (Fsp3) is 0.786. The topological polar surface area (TPSA) is 38.0 Å². The third-order valence-electron chi connectivity index (χ3n) is 3.10. The fourth-order valence-corrected chi connectivity index (χ4v) is 2.00. The molecule has 17 heavy (non-hydrogen) atoms. The highest BCUT2D eigenvalue weighted by Gasteiger charge is 2.11. The summed E-state index contributed by atoms with van der Waals surface area (Å²) in [5.41, 5.74) is 2.29. The second kappa shape index (κ2) is 6.80. The molecule has 0 saturated heterocycles. The molecule has 3 heteroatoms. The van der Waals surface area contributed by atoms with Gasteiger partial charge in [-0.3, -0.25) is 4.68 Å². The Bertz CT molecular complexity index is 331. The summed E-state index contributed by atoms with van der Waals surface area (Å²) in [5, 5.41) is 14.5. The zero-order chi connectivity index (χ0) is 12.8. The van der Waals surface area contributed by atoms with E-state index in [0.29, 0.717) is 5.92 Å². The molecule has 0 aromatic carbocycles. The third kappa shape index (κ3) is 4.50. The molecule has 0 bridgehead atoms. The molecule has 1 atom stereocenters. The Kier molecular flexibility index (Phi) is 5.69. The van der Waals surface area contributed by atoms with Crippen LogP contribution in [0.3, 0.4) is 0 Å². The second-order valence-corrected chi connectivity index (χ2v) is 5.13. The van der Waals surface area contributed by atoms with Gasteiger partial charge in [-0.1, -0.05) is 20.8 Å². The first-order valence-electron chi connectivity index (χ1n) is 6.80. The normalized spacial score (nSPS) is 13.3. The van der Waals surface area contributed by atoms with Crippen LogP contribution in [0.5, 0.6) is 0 Å². The van der Waals surface area contributed by atoms with Crippen molar-refractivity contribution >= 4 is 0 Å². The maximum Gasteiger partial charge on any atom is 0.0624 e. The van der Waals surface area contributed by atoms with E-state index in [-0.39, 0.29) is 6.10 Å². The van der Waals surface area contributed by atoms with Gasteiger partial charge in [0, 0.05) is 18.7 Å². The van der Waals surface area contributed by atoms with Crippen molar-refractivity contribution in [1.82, 2.24) is 9.78 Å². The van der Waals surface area contributed by atoms with Gasteiger partial charge < -0.3 is 5.11 Å². The Hall–Kier alpha value is -0.830. The van der Waals surface area contributed by atoms with Crippen LogP contribution in [0, 0.1) is 5.92 Å². The molecule has 1 aromatic rings. The summed E-state index contributed by atoms with van der Waals surface area (Å²) in [6, 6.07) is 2.13. The van der Waals surface area contributed by atoms with E-state index in [1.807, 2.05) is 4.68 Å². The lowest BCUT2D eigenvalue weighted by atomic mass is 10.0. The van der Waals surface area contributed by atoms with Gasteiger partial charge in [-0.2, -0.15) is 5.10 Å². The summed E-state index contributed by atoms with van der Waals surface area (Å²) in [7, 11) is 0. The van der Waals surface area contributed by atoms with E-state index >= 15 is 0 Å². The van der Waals surface area contributed by atoms with Crippen molar-refractivity contribution in [3.8, 4) is 0 Å². The first-order valence-corrected chi connectivity index (χ1v) is 6.80. The van der Waals surface area contributed by atoms with Gasteiger partial charge in [-0.25, -0.2) is 0 Å². The average Bonchev–Trinajstić information content (AvgIpc) is 2.68. The molecule has 0 saturated carbocycles. The van der Waals surface area contributed by atoms with Crippen LogP contribution in [0.15, 0.2) is 6.07 Å². The molecule has 1 N–H and O–H groups in total. The molecule has 0 aliphatic heterocycles. The van der Waals surface area contributed by atoms with Gasteiger partial charge >= 0.3 is 0 Å². The number of hydrogen-bond donors (Lipinski definition) is 1. The number of nitrogens with zero attached hydrogens (tertiary/aromatic N) is 2. The SMILES string of the molecule is CCc1cc(CC(O)CCC(C)C)n(CC)n1. The molecule has 1 heterocycles. The Morgan fingerprint density at radius 2 is 2.00 bits per heavy atom. The van der Waals surface area contributed by atoms with Crippen molar-refractivity contribution in [3.63, 3.8) is 0 Å². The van der Waals surface area contributed by atoms with E-state index < -0.39 is 0 Å². The number of hydrogen-bond acceptors (Lipinski definition) is 2. The van der Waals surface area contributed by atoms with Crippen LogP contribution in [-0.2, 0) is 19.4 Å². The van der Waals surface area contributed by atoms with Crippen LogP contribution in [0.2, 0.25) is 0 Å². The Balaban J connectivity index is 2.57. The van der Waals surface area contributed by atoms with Gasteiger partial charge in [-0.15, -0.1) is 0 Å². The minimum Gasteiger partial charge on any atom is -0.393 e. The van der Waals surface area contributed by atoms with Crippen molar-refractivity contribution in [3.05, 3.63) is 17.5 Å². The van der Waals surface area contributed by atoms with Crippen LogP contribution in [0.25, 0.3) is 0 Å². The van der Waals surface area contributed by atoms with Gasteiger partial charge in [0.1, 0.15) is 0 Å². The van der Waals surface area contributed by atoms with E-state index in [4.69, 9.17) is 0 Å². The van der Waals surface area contributed by atoms with Crippen LogP contribution in [-0.4, -0.2) is 21.0 Å². The van der Waals surface area contributed by atoms with E-state index in [1.165, 1.54) is 5.69 Å². The summed E-state index contributed by atoms with van der Waals surface area (Å²) in [6.45, 7) is 9.47. The summed E-state index contributed by atoms with van der Waals surface area (Å²) < 4.78 is 2.01. The molecule has 3 nitrogen and oxygen atoms in total. The average molecular weight is 238 g/mol. The van der Waals surface area contributed by atoms with Gasteiger partial charge in [0.25, 0.3) is 0 Å². The zero-order valence-corrected chi connectivity index (χ0v) is 11.6. The van der Waals surface area contributed by atoms with Crippen molar-refractivity contribution in [2.45, 2.75) is 66.0 Å². The zero-order valence-electron chi connectivity index (χ0n) is 11.6. The molecule has 0 aliphatic rings. The number of aromatic nitrogens is 2. The minimum absolute atomic E-state index is 0.232. The molecular formula is C14H26N2O. The first-order chi connectivity index (χ1) is 8.06. The minimum atomic E-state index is -0.232. The lowest BCUT2D eigenvalue weighted by molar-refractivity contribution is 0.154. The molecule has 0 spiro atoms. The predicted octanol–water partition coefficient (Wildman–Crippen LogP) is 2.81. The van der Waals surface area contributed by atoms with Gasteiger partial charge in [0.2, 0.25) is 0 Å². The van der Waals surface area contributed by atoms with E-state index in [1.54, 1.807) is 0 Å². The molecule has 1 aromatic heterocycles. The quantitative estimate of drug-likeness (QED) is 0.793. The smallest absolute Gasteiger partial charge is 0.0624 e. The number of rotatable bonds is 7. The second-order valence-electron chi connectivity index (χ2n) is 5.13. The molecule has 98 valence electrons. The van der Waals surface area contributed by atoms with Crippen LogP contribution in [0.1, 0.15) is 51.9 Å². The van der Waals surface area contributed by atoms with Crippen LogP contribution < -0.4 is 0 Å². The third-order valence-corrected chi connectivity index (χ3v) is 3.10. The van der Waals surface area contributed by atoms with Gasteiger partial charge in [0.15, 0.2) is 0 Å². The Morgan fingerprint density at radius 1 is 1.29 bits per heavy atom. The van der Waals surface area contributed by atoms with Crippen molar-refractivity contribution in [1.29, 1.82) is 0 Å². The summed E-state index contributed by atoms with van der Waals surface area (Å²) >= 11 is 0. The molecule has 1 unspecified atom stereocenters. The maximum atomic E-state index is 10.0. The molecule has 0 amide bonds. The number of aliphatic hydroxyl groups is 1. The number of aryl methyl sites for hydroxylation is 2. The van der Waals surface area contributed by atoms with Crippen LogP contribution >= 0.6 is 0 Å². The maximum absolute atomic E-state index is 10.0. The summed E-state index contributed by atoms with van der Waals surface area (Å²) in [6.07, 6.45) is 3.43. The van der Waals surface area contributed by atoms with E-state index in [0.717, 1.165) is 37.9 Å². The standard InChI is InChI=1S/C14H26N2O/c1-5-12-9-13(16(6-2)15-12)10-14(17)8-7-11(3)4/h9,11,14,17H,5-8,10H2,1-4H3. The molecule has 1 rings (SSSR count). The highest BCUT2D eigenvalue weighted by atomic mass is 16.3. The molecule has 0 aliphatic carbocycles. The Morgan fingerprint density at radius 3 is 2.53 bits per heavy atom. The molecule has 0 radical (unpaired) electrons. The van der Waals surface area contributed by atoms with Crippen molar-refractivity contribution in [2.24, 2.45) is 5.92 Å². The number of aliphatic hydroxyl groups excluding tert-OH is 1. The van der Waals surface area contributed by atoms with Crippen molar-refractivity contribution < 1.29 is 5.11 Å². The van der Waals surface area contributed by atoms with Gasteiger partial charge in [0.05, 0.1) is 11.8 Å². The largest absolute Gasteiger partial charge is 0.393 e. The lowest BCUT2D eigenvalue weighted by Crippen LogP contribution is -2.15. The van der Waals surface area contributed by atoms with Gasteiger partial charge in [-0.05, 0) is 38.2 Å². The molecule has 0 fully saturated rings. The summed E-state index contributed by atoms with van der Waals surface area (Å²) in [5.74, 6) is 0.659. The van der Waals surface area contributed by atoms with E-state index in [9.17, 15) is 5.11 Å². The monoisotopic (exact) mass is 238 g/mol. The Labute approximate surface area is 105 Å².